The zero-order valence-electron chi connectivity index (χ0n) is 9.23. The largest absolute Gasteiger partial charge is 0.481 e. The second-order valence-electron chi connectivity index (χ2n) is 4.12. The number of hydrogen-bond acceptors (Lipinski definition) is 3. The lowest BCUT2D eigenvalue weighted by molar-refractivity contribution is -0.144. The van der Waals surface area contributed by atoms with Crippen LogP contribution in [0, 0.1) is 11.8 Å². The summed E-state index contributed by atoms with van der Waals surface area (Å²) in [5.41, 5.74) is 0. The van der Waals surface area contributed by atoms with Crippen LogP contribution in [0.4, 0.5) is 0 Å². The Hall–Kier alpha value is -1.06. The van der Waals surface area contributed by atoms with Gasteiger partial charge in [0.1, 0.15) is 12.0 Å². The van der Waals surface area contributed by atoms with Crippen LogP contribution in [0.1, 0.15) is 39.5 Å². The molecule has 1 saturated heterocycles. The van der Waals surface area contributed by atoms with Gasteiger partial charge in [0.15, 0.2) is 0 Å². The molecule has 1 N–H and O–H groups in total. The standard InChI is InChI=1S/C11H18O4/c1-3-4-5-6-8-9(10(12)13)7(2)11(14)15-8/h7-9H,3-6H2,1-2H3,(H,12,13). The highest BCUT2D eigenvalue weighted by Gasteiger charge is 2.45. The van der Waals surface area contributed by atoms with Gasteiger partial charge in [-0.15, -0.1) is 0 Å². The zero-order valence-corrected chi connectivity index (χ0v) is 9.23. The van der Waals surface area contributed by atoms with E-state index in [0.29, 0.717) is 6.42 Å². The Kier molecular flexibility index (Phi) is 4.12. The fourth-order valence-corrected chi connectivity index (χ4v) is 2.01. The highest BCUT2D eigenvalue weighted by Crippen LogP contribution is 2.31. The Labute approximate surface area is 89.6 Å². The maximum absolute atomic E-state index is 11.2. The van der Waals surface area contributed by atoms with Crippen molar-refractivity contribution in [3.8, 4) is 0 Å². The average molecular weight is 214 g/mol. The van der Waals surface area contributed by atoms with Crippen molar-refractivity contribution in [1.29, 1.82) is 0 Å². The molecule has 0 amide bonds. The van der Waals surface area contributed by atoms with Gasteiger partial charge in [-0.1, -0.05) is 26.7 Å². The van der Waals surface area contributed by atoms with Gasteiger partial charge in [0, 0.05) is 0 Å². The maximum Gasteiger partial charge on any atom is 0.311 e. The summed E-state index contributed by atoms with van der Waals surface area (Å²) in [4.78, 5) is 22.2. The fraction of sp³-hybridized carbons (Fsp3) is 0.818. The number of hydrogen-bond donors (Lipinski definition) is 1. The summed E-state index contributed by atoms with van der Waals surface area (Å²) in [6.45, 7) is 3.71. The first-order chi connectivity index (χ1) is 7.07. The van der Waals surface area contributed by atoms with Gasteiger partial charge in [-0.2, -0.15) is 0 Å². The van der Waals surface area contributed by atoms with Crippen molar-refractivity contribution in [1.82, 2.24) is 0 Å². The zero-order chi connectivity index (χ0) is 11.4. The van der Waals surface area contributed by atoms with Crippen LogP contribution in [-0.2, 0) is 14.3 Å². The molecule has 1 rings (SSSR count). The third-order valence-electron chi connectivity index (χ3n) is 2.96. The number of ether oxygens (including phenoxy) is 1. The summed E-state index contributed by atoms with van der Waals surface area (Å²) in [5, 5.41) is 9.00. The van der Waals surface area contributed by atoms with Crippen LogP contribution >= 0.6 is 0 Å². The molecule has 0 aromatic carbocycles. The van der Waals surface area contributed by atoms with Crippen LogP contribution in [0.25, 0.3) is 0 Å². The predicted molar refractivity (Wildman–Crippen MR) is 54.3 cm³/mol. The number of rotatable bonds is 5. The van der Waals surface area contributed by atoms with Gasteiger partial charge in [-0.25, -0.2) is 0 Å². The molecule has 0 radical (unpaired) electrons. The second-order valence-corrected chi connectivity index (χ2v) is 4.12. The number of carbonyl (C=O) groups is 2. The molecule has 1 aliphatic rings. The Balaban J connectivity index is 2.55. The SMILES string of the molecule is CCCCCC1OC(=O)C(C)C1C(=O)O. The molecule has 3 atom stereocenters. The van der Waals surface area contributed by atoms with Gasteiger partial charge in [0.25, 0.3) is 0 Å². The van der Waals surface area contributed by atoms with E-state index in [-0.39, 0.29) is 5.97 Å². The second kappa shape index (κ2) is 5.14. The minimum atomic E-state index is -0.921. The quantitative estimate of drug-likeness (QED) is 0.560. The molecule has 0 bridgehead atoms. The lowest BCUT2D eigenvalue weighted by Crippen LogP contribution is -2.27. The monoisotopic (exact) mass is 214 g/mol. The van der Waals surface area contributed by atoms with E-state index in [4.69, 9.17) is 9.84 Å². The Morgan fingerprint density at radius 2 is 2.13 bits per heavy atom. The highest BCUT2D eigenvalue weighted by molar-refractivity contribution is 5.84. The first-order valence-corrected chi connectivity index (χ1v) is 5.51. The van der Waals surface area contributed by atoms with E-state index >= 15 is 0 Å². The molecule has 4 heteroatoms. The minimum absolute atomic E-state index is 0.371. The first kappa shape index (κ1) is 12.0. The van der Waals surface area contributed by atoms with Crippen molar-refractivity contribution >= 4 is 11.9 Å². The van der Waals surface area contributed by atoms with Crippen molar-refractivity contribution in [3.05, 3.63) is 0 Å². The summed E-state index contributed by atoms with van der Waals surface area (Å²) >= 11 is 0. The Bertz CT molecular complexity index is 249. The molecule has 0 aliphatic carbocycles. The summed E-state index contributed by atoms with van der Waals surface area (Å²) in [5.74, 6) is -2.46. The summed E-state index contributed by atoms with van der Waals surface area (Å²) < 4.78 is 5.07. The number of aliphatic carboxylic acids is 1. The van der Waals surface area contributed by atoms with E-state index in [9.17, 15) is 9.59 Å². The maximum atomic E-state index is 11.2. The van der Waals surface area contributed by atoms with Crippen LogP contribution < -0.4 is 0 Å². The van der Waals surface area contributed by atoms with Gasteiger partial charge in [0.05, 0.1) is 5.92 Å². The summed E-state index contributed by atoms with van der Waals surface area (Å²) in [7, 11) is 0. The van der Waals surface area contributed by atoms with Crippen LogP contribution in [0.2, 0.25) is 0 Å². The lowest BCUT2D eigenvalue weighted by Gasteiger charge is -2.14. The van der Waals surface area contributed by atoms with Crippen molar-refractivity contribution in [2.75, 3.05) is 0 Å². The first-order valence-electron chi connectivity index (χ1n) is 5.51. The Morgan fingerprint density at radius 3 is 2.67 bits per heavy atom. The molecule has 0 saturated carbocycles. The van der Waals surface area contributed by atoms with E-state index in [0.717, 1.165) is 19.3 Å². The van der Waals surface area contributed by atoms with Crippen LogP contribution in [0.5, 0.6) is 0 Å². The van der Waals surface area contributed by atoms with Gasteiger partial charge in [-0.05, 0) is 12.8 Å². The molecular formula is C11H18O4. The number of cyclic esters (lactones) is 1. The summed E-state index contributed by atoms with van der Waals surface area (Å²) in [6, 6.07) is 0. The molecule has 1 heterocycles. The third-order valence-corrected chi connectivity index (χ3v) is 2.96. The van der Waals surface area contributed by atoms with Crippen molar-refractivity contribution in [2.45, 2.75) is 45.6 Å². The van der Waals surface area contributed by atoms with Crippen molar-refractivity contribution < 1.29 is 19.4 Å². The number of carboxylic acids is 1. The van der Waals surface area contributed by atoms with Gasteiger partial charge in [-0.3, -0.25) is 9.59 Å². The number of esters is 1. The minimum Gasteiger partial charge on any atom is -0.481 e. The van der Waals surface area contributed by atoms with E-state index in [1.54, 1.807) is 6.92 Å². The van der Waals surface area contributed by atoms with Crippen molar-refractivity contribution in [3.63, 3.8) is 0 Å². The molecular weight excluding hydrogens is 196 g/mol. The summed E-state index contributed by atoms with van der Waals surface area (Å²) in [6.07, 6.45) is 3.30. The Morgan fingerprint density at radius 1 is 1.47 bits per heavy atom. The average Bonchev–Trinajstić information content (AvgIpc) is 2.43. The molecule has 0 aromatic heterocycles. The molecule has 3 unspecified atom stereocenters. The normalized spacial score (nSPS) is 30.3. The number of unbranched alkanes of at least 4 members (excludes halogenated alkanes) is 2. The molecule has 86 valence electrons. The fourth-order valence-electron chi connectivity index (χ4n) is 2.01. The van der Waals surface area contributed by atoms with Gasteiger partial charge >= 0.3 is 11.9 Å². The topological polar surface area (TPSA) is 63.6 Å². The number of carboxylic acid groups (broad SMARTS) is 1. The van der Waals surface area contributed by atoms with Crippen LogP contribution in [0.15, 0.2) is 0 Å². The van der Waals surface area contributed by atoms with E-state index in [2.05, 4.69) is 6.92 Å². The molecule has 15 heavy (non-hydrogen) atoms. The van der Waals surface area contributed by atoms with Gasteiger partial charge in [0.2, 0.25) is 0 Å². The van der Waals surface area contributed by atoms with E-state index in [1.807, 2.05) is 0 Å². The molecule has 1 fully saturated rings. The van der Waals surface area contributed by atoms with Crippen LogP contribution in [-0.4, -0.2) is 23.1 Å². The number of carbonyl (C=O) groups excluding carboxylic acids is 1. The smallest absolute Gasteiger partial charge is 0.311 e. The van der Waals surface area contributed by atoms with Crippen LogP contribution in [0.3, 0.4) is 0 Å². The highest BCUT2D eigenvalue weighted by atomic mass is 16.6. The lowest BCUT2D eigenvalue weighted by atomic mass is 9.89. The van der Waals surface area contributed by atoms with Gasteiger partial charge < -0.3 is 9.84 Å². The van der Waals surface area contributed by atoms with E-state index in [1.165, 1.54) is 0 Å². The van der Waals surface area contributed by atoms with Crippen molar-refractivity contribution in [2.24, 2.45) is 11.8 Å². The molecule has 1 aliphatic heterocycles. The molecule has 0 spiro atoms. The predicted octanol–water partition coefficient (Wildman–Crippen LogP) is 1.83. The molecule has 0 aromatic rings. The third kappa shape index (κ3) is 2.70. The molecule has 4 nitrogen and oxygen atoms in total. The van der Waals surface area contributed by atoms with E-state index < -0.39 is 23.9 Å².